The van der Waals surface area contributed by atoms with Gasteiger partial charge in [-0.05, 0) is 0 Å². The molecule has 0 aliphatic carbocycles. The number of hydrogen-bond donors (Lipinski definition) is 1. The third-order valence-electron chi connectivity index (χ3n) is 0. The maximum Gasteiger partial charge on any atom is 0.316 e. The Morgan fingerprint density at radius 3 is 1.60 bits per heavy atom. The van der Waals surface area contributed by atoms with Gasteiger partial charge in [0.1, 0.15) is 0 Å². The molecule has 4 heteroatoms. The van der Waals surface area contributed by atoms with Crippen molar-refractivity contribution in [2.45, 2.75) is 0 Å². The molecule has 0 aliphatic heterocycles. The van der Waals surface area contributed by atoms with Crippen LogP contribution in [0.1, 0.15) is 0 Å². The van der Waals surface area contributed by atoms with Gasteiger partial charge in [0.05, 0.1) is 0 Å². The van der Waals surface area contributed by atoms with Crippen LogP contribution < -0.4 is 0 Å². The zero-order valence-electron chi connectivity index (χ0n) is 2.36. The third kappa shape index (κ3) is 33.9. The van der Waals surface area contributed by atoms with E-state index in [-0.39, 0.29) is 28.5 Å². The molecule has 0 unspecified atom stereocenters. The summed E-state index contributed by atoms with van der Waals surface area (Å²) < 4.78 is 0. The third-order valence-corrected chi connectivity index (χ3v) is 0. The Kier molecular flexibility index (Phi) is 60.0. The molecule has 0 saturated carbocycles. The van der Waals surface area contributed by atoms with Crippen molar-refractivity contribution in [1.29, 1.82) is 0 Å². The minimum Gasteiger partial charge on any atom is 0.316 e. The van der Waals surface area contributed by atoms with E-state index in [0.29, 0.717) is 5.20 Å². The molecule has 0 aromatic carbocycles. The topological polar surface area (TPSA) is 51.7 Å². The molecule has 2 nitrogen and oxygen atoms in total. The summed E-state index contributed by atoms with van der Waals surface area (Å²) >= 11 is 1.00. The molecule has 0 rings (SSSR count). The summed E-state index contributed by atoms with van der Waals surface area (Å²) in [5, 5.41) is 8.00. The fourth-order valence-corrected chi connectivity index (χ4v) is 0. The van der Waals surface area contributed by atoms with Crippen LogP contribution in [0.3, 0.4) is 0 Å². The fourth-order valence-electron chi connectivity index (χ4n) is 0. The van der Waals surface area contributed by atoms with E-state index < -0.39 is 0 Å². The summed E-state index contributed by atoms with van der Waals surface area (Å²) in [5.74, 6) is 0. The molecular weight excluding hydrogens is 134 g/mol. The standard InChI is InChI=1S/CH3O.Mg.H2O.Zn.2H/c1-2;;;;;/h2H,1H2;;1H2;;;. The largest absolute Gasteiger partial charge is 0.316 e. The Balaban J connectivity index is -0.0000000200. The summed E-state index contributed by atoms with van der Waals surface area (Å²) in [5.41, 5.74) is 0. The van der Waals surface area contributed by atoms with Crippen molar-refractivity contribution in [2.75, 3.05) is 5.20 Å². The van der Waals surface area contributed by atoms with Gasteiger partial charge in [-0.1, -0.05) is 0 Å². The zero-order chi connectivity index (χ0) is 2.71. The number of rotatable bonds is 0. The van der Waals surface area contributed by atoms with E-state index in [1.165, 1.54) is 0 Å². The Labute approximate surface area is 57.1 Å². The second-order valence-electron chi connectivity index (χ2n) is 0.224. The van der Waals surface area contributed by atoms with Gasteiger partial charge < -0.3 is 5.48 Å². The van der Waals surface area contributed by atoms with Crippen molar-refractivity contribution in [2.24, 2.45) is 0 Å². The van der Waals surface area contributed by atoms with Crippen LogP contribution in [-0.4, -0.2) is 38.8 Å². The van der Waals surface area contributed by atoms with Gasteiger partial charge in [0, 0.05) is 0 Å². The number of aliphatic hydroxyl groups excluding tert-OH is 1. The number of hydrogen-bond acceptors (Lipinski definition) is 1. The molecule has 0 aromatic heterocycles. The van der Waals surface area contributed by atoms with Gasteiger partial charge in [-0.2, -0.15) is 0 Å². The fraction of sp³-hybridized carbons (Fsp3) is 1.00. The molecule has 0 aliphatic rings. The van der Waals surface area contributed by atoms with Gasteiger partial charge in [0.25, 0.3) is 0 Å². The Morgan fingerprint density at radius 1 is 1.60 bits per heavy atom. The molecule has 0 fully saturated rings. The van der Waals surface area contributed by atoms with Gasteiger partial charge in [0.2, 0.25) is 0 Å². The van der Waals surface area contributed by atoms with E-state index in [9.17, 15) is 0 Å². The van der Waals surface area contributed by atoms with Crippen LogP contribution in [0.15, 0.2) is 0 Å². The first-order valence-corrected chi connectivity index (χ1v) is 2.91. The summed E-state index contributed by atoms with van der Waals surface area (Å²) in [6.45, 7) is 0. The number of aliphatic hydroxyl groups is 1. The summed E-state index contributed by atoms with van der Waals surface area (Å²) in [7, 11) is 0. The van der Waals surface area contributed by atoms with E-state index in [4.69, 9.17) is 5.11 Å². The van der Waals surface area contributed by atoms with Crippen LogP contribution in [-0.2, 0) is 18.3 Å². The molecule has 0 bridgehead atoms. The van der Waals surface area contributed by atoms with E-state index in [0.717, 1.165) is 18.3 Å². The van der Waals surface area contributed by atoms with Gasteiger partial charge in [-0.3, -0.25) is 0 Å². The maximum absolute atomic E-state index is 7.62. The summed E-state index contributed by atoms with van der Waals surface area (Å²) in [4.78, 5) is 0. The minimum atomic E-state index is 0. The maximum atomic E-state index is 7.62. The van der Waals surface area contributed by atoms with Crippen molar-refractivity contribution in [1.82, 2.24) is 0 Å². The Morgan fingerprint density at radius 2 is 1.60 bits per heavy atom. The van der Waals surface area contributed by atoms with Crippen molar-refractivity contribution >= 4 is 23.1 Å². The zero-order valence-corrected chi connectivity index (χ0v) is 5.33. The quantitative estimate of drug-likeness (QED) is 0.380. The summed E-state index contributed by atoms with van der Waals surface area (Å²) in [6, 6.07) is 0. The Bertz CT molecular complexity index is 9.61. The van der Waals surface area contributed by atoms with Crippen molar-refractivity contribution in [3.8, 4) is 0 Å². The van der Waals surface area contributed by atoms with Crippen molar-refractivity contribution < 1.29 is 28.9 Å². The molecule has 0 amide bonds. The molecule has 27 valence electrons. The molecule has 5 heavy (non-hydrogen) atoms. The molecule has 3 N–H and O–H groups in total. The first kappa shape index (κ1) is 16.2. The van der Waals surface area contributed by atoms with Crippen LogP contribution in [0, 0.1) is 0 Å². The first-order valence-electron chi connectivity index (χ1n) is 0.816. The van der Waals surface area contributed by atoms with Crippen LogP contribution in [0.25, 0.3) is 0 Å². The minimum absolute atomic E-state index is 0. The van der Waals surface area contributed by atoms with Gasteiger partial charge in [-0.25, -0.2) is 0 Å². The van der Waals surface area contributed by atoms with Crippen LogP contribution >= 0.6 is 0 Å². The average molecular weight is 141 g/mol. The van der Waals surface area contributed by atoms with Gasteiger partial charge in [-0.15, -0.1) is 0 Å². The molecule has 0 saturated heterocycles. The molecule has 0 atom stereocenters. The van der Waals surface area contributed by atoms with Crippen LogP contribution in [0.4, 0.5) is 0 Å². The second kappa shape index (κ2) is 18.5. The van der Waals surface area contributed by atoms with Crippen molar-refractivity contribution in [3.05, 3.63) is 0 Å². The average Bonchev–Trinajstić information content (AvgIpc) is 0.918. The van der Waals surface area contributed by atoms with E-state index >= 15 is 0 Å². The first-order chi connectivity index (χ1) is 1.41. The van der Waals surface area contributed by atoms with E-state index in [1.54, 1.807) is 0 Å². The molecule has 0 aromatic rings. The normalized spacial score (nSPS) is 3.80. The second-order valence-corrected chi connectivity index (χ2v) is 1.16. The SMILES string of the molecule is O.O[CH2][Zn].[MgH2]. The van der Waals surface area contributed by atoms with E-state index in [2.05, 4.69) is 0 Å². The molecule has 0 heterocycles. The van der Waals surface area contributed by atoms with Gasteiger partial charge in [0.15, 0.2) is 0 Å². The van der Waals surface area contributed by atoms with E-state index in [1.807, 2.05) is 0 Å². The predicted octanol–water partition coefficient (Wildman–Crippen LogP) is -2.26. The monoisotopic (exact) mass is 139 g/mol. The van der Waals surface area contributed by atoms with Crippen molar-refractivity contribution in [3.63, 3.8) is 0 Å². The van der Waals surface area contributed by atoms with Crippen LogP contribution in [0.5, 0.6) is 0 Å². The summed E-state index contributed by atoms with van der Waals surface area (Å²) in [6.07, 6.45) is 0. The van der Waals surface area contributed by atoms with Gasteiger partial charge >= 0.3 is 51.7 Å². The molecular formula is CH7MgO2Zn. The smallest absolute Gasteiger partial charge is 0.316 e. The van der Waals surface area contributed by atoms with Crippen LogP contribution in [0.2, 0.25) is 0 Å². The Hall–Kier alpha value is 1.31. The molecule has 0 radical (unpaired) electrons. The predicted molar refractivity (Wildman–Crippen MR) is 19.2 cm³/mol. The molecule has 0 spiro atoms.